The van der Waals surface area contributed by atoms with Gasteiger partial charge in [-0.3, -0.25) is 4.79 Å². The highest BCUT2D eigenvalue weighted by molar-refractivity contribution is 6.30. The minimum atomic E-state index is -0.560. The van der Waals surface area contributed by atoms with Crippen molar-refractivity contribution >= 4 is 35.4 Å². The van der Waals surface area contributed by atoms with E-state index >= 15 is 0 Å². The second-order valence-corrected chi connectivity index (χ2v) is 10.2. The van der Waals surface area contributed by atoms with E-state index in [2.05, 4.69) is 31.4 Å². The zero-order valence-corrected chi connectivity index (χ0v) is 21.0. The van der Waals surface area contributed by atoms with E-state index in [1.807, 2.05) is 48.5 Å². The Bertz CT molecular complexity index is 974. The summed E-state index contributed by atoms with van der Waals surface area (Å²) in [6.07, 6.45) is 6.99. The van der Waals surface area contributed by atoms with Crippen LogP contribution < -0.4 is 0 Å². The molecule has 176 valence electrons. The van der Waals surface area contributed by atoms with Gasteiger partial charge in [-0.25, -0.2) is 0 Å². The molecule has 2 aromatic carbocycles. The summed E-state index contributed by atoms with van der Waals surface area (Å²) in [5.74, 6) is 0.214. The van der Waals surface area contributed by atoms with Crippen molar-refractivity contribution < 1.29 is 9.59 Å². The Balaban J connectivity index is 2.18. The molecule has 2 unspecified atom stereocenters. The Morgan fingerprint density at radius 2 is 1.88 bits per heavy atom. The monoisotopic (exact) mass is 485 g/mol. The summed E-state index contributed by atoms with van der Waals surface area (Å²) in [5, 5.41) is 1.36. The summed E-state index contributed by atoms with van der Waals surface area (Å²) in [4.78, 5) is 27.2. The van der Waals surface area contributed by atoms with E-state index in [1.54, 1.807) is 0 Å². The molecule has 1 fully saturated rings. The van der Waals surface area contributed by atoms with E-state index < -0.39 is 5.41 Å². The predicted octanol–water partition coefficient (Wildman–Crippen LogP) is 7.78. The van der Waals surface area contributed by atoms with Crippen LogP contribution in [0.5, 0.6) is 0 Å². The molecule has 1 saturated heterocycles. The first-order valence-electron chi connectivity index (χ1n) is 11.7. The number of aldehydes is 1. The van der Waals surface area contributed by atoms with Gasteiger partial charge in [-0.05, 0) is 67.5 Å². The summed E-state index contributed by atoms with van der Waals surface area (Å²) in [6.45, 7) is 8.11. The highest BCUT2D eigenvalue weighted by atomic mass is 35.5. The van der Waals surface area contributed by atoms with Crippen LogP contribution in [0, 0.1) is 5.41 Å². The largest absolute Gasteiger partial charge is 0.332 e. The highest BCUT2D eigenvalue weighted by Crippen LogP contribution is 2.52. The van der Waals surface area contributed by atoms with Gasteiger partial charge >= 0.3 is 0 Å². The first-order chi connectivity index (χ1) is 15.8. The molecule has 0 saturated carbocycles. The number of unbranched alkanes of at least 4 members (excludes halogenated alkanes) is 1. The summed E-state index contributed by atoms with van der Waals surface area (Å²) >= 11 is 12.6. The molecular formula is C28H33Cl2NO2. The molecule has 0 N–H and O–H groups in total. The van der Waals surface area contributed by atoms with Crippen LogP contribution in [-0.4, -0.2) is 23.1 Å². The second kappa shape index (κ2) is 11.4. The quantitative estimate of drug-likeness (QED) is 0.195. The van der Waals surface area contributed by atoms with Crippen molar-refractivity contribution in [3.8, 4) is 0 Å². The Kier molecular flexibility index (Phi) is 8.78. The molecule has 3 nitrogen and oxygen atoms in total. The van der Waals surface area contributed by atoms with E-state index in [1.165, 1.54) is 0 Å². The molecule has 0 radical (unpaired) electrons. The summed E-state index contributed by atoms with van der Waals surface area (Å²) in [5.41, 5.74) is 1.63. The molecule has 5 heteroatoms. The fourth-order valence-electron chi connectivity index (χ4n) is 5.27. The zero-order valence-electron chi connectivity index (χ0n) is 19.5. The number of amides is 1. The number of piperidine rings is 1. The zero-order chi connectivity index (χ0) is 24.0. The summed E-state index contributed by atoms with van der Waals surface area (Å²) in [7, 11) is 0. The van der Waals surface area contributed by atoms with Crippen LogP contribution in [0.25, 0.3) is 0 Å². The van der Waals surface area contributed by atoms with Gasteiger partial charge in [0.05, 0.1) is 11.5 Å². The molecule has 33 heavy (non-hydrogen) atoms. The first-order valence-corrected chi connectivity index (χ1v) is 12.5. The van der Waals surface area contributed by atoms with Gasteiger partial charge in [0.25, 0.3) is 0 Å². The smallest absolute Gasteiger partial charge is 0.229 e. The van der Waals surface area contributed by atoms with Crippen molar-refractivity contribution in [2.24, 2.45) is 5.41 Å². The van der Waals surface area contributed by atoms with Crippen molar-refractivity contribution in [2.75, 3.05) is 0 Å². The molecular weight excluding hydrogens is 453 g/mol. The van der Waals surface area contributed by atoms with Gasteiger partial charge < -0.3 is 9.69 Å². The van der Waals surface area contributed by atoms with E-state index in [-0.39, 0.29) is 23.9 Å². The number of nitrogens with zero attached hydrogens (tertiary/aromatic N) is 1. The topological polar surface area (TPSA) is 37.4 Å². The van der Waals surface area contributed by atoms with Gasteiger partial charge in [-0.2, -0.15) is 0 Å². The maximum atomic E-state index is 14.1. The van der Waals surface area contributed by atoms with Crippen LogP contribution in [0.3, 0.4) is 0 Å². The third kappa shape index (κ3) is 5.70. The third-order valence-corrected chi connectivity index (χ3v) is 7.40. The SMILES string of the molecule is C=CC[C@@]1(C)C[C@H](c2cccc(Cl)c2)C(c2ccc(Cl)cc2)N(C(CC)CCCC=O)C1=O. The number of rotatable bonds is 10. The van der Waals surface area contributed by atoms with Gasteiger partial charge in [0, 0.05) is 28.4 Å². The lowest BCUT2D eigenvalue weighted by Crippen LogP contribution is -2.55. The van der Waals surface area contributed by atoms with Crippen LogP contribution in [0.15, 0.2) is 61.2 Å². The van der Waals surface area contributed by atoms with Gasteiger partial charge in [-0.15, -0.1) is 6.58 Å². The molecule has 0 aromatic heterocycles. The summed E-state index contributed by atoms with van der Waals surface area (Å²) in [6, 6.07) is 15.7. The molecule has 0 aliphatic carbocycles. The van der Waals surface area contributed by atoms with E-state index in [0.29, 0.717) is 29.3 Å². The molecule has 1 heterocycles. The molecule has 1 aliphatic heterocycles. The van der Waals surface area contributed by atoms with Crippen molar-refractivity contribution in [3.63, 3.8) is 0 Å². The van der Waals surface area contributed by atoms with Crippen molar-refractivity contribution in [3.05, 3.63) is 82.4 Å². The van der Waals surface area contributed by atoms with Crippen molar-refractivity contribution in [2.45, 2.75) is 70.4 Å². The number of halogens is 2. The van der Waals surface area contributed by atoms with E-state index in [0.717, 1.165) is 36.7 Å². The maximum Gasteiger partial charge on any atom is 0.229 e. The number of carbonyl (C=O) groups is 2. The number of hydrogen-bond donors (Lipinski definition) is 0. The minimum Gasteiger partial charge on any atom is -0.332 e. The van der Waals surface area contributed by atoms with Crippen LogP contribution >= 0.6 is 23.2 Å². The Hall–Kier alpha value is -2.10. The fraction of sp³-hybridized carbons (Fsp3) is 0.429. The summed E-state index contributed by atoms with van der Waals surface area (Å²) < 4.78 is 0. The Morgan fingerprint density at radius 1 is 1.15 bits per heavy atom. The standard InChI is InChI=1S/C28H33Cl2NO2/c1-4-16-28(3)19-25(21-9-8-10-23(30)18-21)26(20-12-14-22(29)15-13-20)31(27(28)33)24(5-2)11-6-7-17-32/h4,8-10,12-15,17-18,24-26H,1,5-7,11,16,19H2,2-3H3/t24?,25-,26?,28+/m1/s1. The average Bonchev–Trinajstić information content (AvgIpc) is 2.80. The fourth-order valence-corrected chi connectivity index (χ4v) is 5.59. The van der Waals surface area contributed by atoms with Crippen molar-refractivity contribution in [1.82, 2.24) is 4.90 Å². The molecule has 0 bridgehead atoms. The van der Waals surface area contributed by atoms with Gasteiger partial charge in [-0.1, -0.05) is 67.4 Å². The van der Waals surface area contributed by atoms with Crippen LogP contribution in [-0.2, 0) is 9.59 Å². The first kappa shape index (κ1) is 25.5. The number of allylic oxidation sites excluding steroid dienone is 1. The van der Waals surface area contributed by atoms with Crippen LogP contribution in [0.2, 0.25) is 10.0 Å². The van der Waals surface area contributed by atoms with Gasteiger partial charge in [0.2, 0.25) is 5.91 Å². The molecule has 1 aliphatic rings. The normalized spacial score (nSPS) is 23.9. The van der Waals surface area contributed by atoms with Crippen molar-refractivity contribution in [1.29, 1.82) is 0 Å². The van der Waals surface area contributed by atoms with E-state index in [9.17, 15) is 9.59 Å². The Labute approximate surface area is 207 Å². The van der Waals surface area contributed by atoms with Gasteiger partial charge in [0.15, 0.2) is 0 Å². The number of hydrogen-bond acceptors (Lipinski definition) is 2. The Morgan fingerprint density at radius 3 is 2.48 bits per heavy atom. The van der Waals surface area contributed by atoms with Crippen LogP contribution in [0.4, 0.5) is 0 Å². The number of benzene rings is 2. The van der Waals surface area contributed by atoms with Gasteiger partial charge in [0.1, 0.15) is 6.29 Å². The maximum absolute atomic E-state index is 14.1. The lowest BCUT2D eigenvalue weighted by molar-refractivity contribution is -0.154. The lowest BCUT2D eigenvalue weighted by atomic mass is 9.67. The molecule has 4 atom stereocenters. The highest BCUT2D eigenvalue weighted by Gasteiger charge is 2.50. The number of carbonyl (C=O) groups excluding carboxylic acids is 2. The lowest BCUT2D eigenvalue weighted by Gasteiger charge is -2.52. The molecule has 1 amide bonds. The van der Waals surface area contributed by atoms with E-state index in [4.69, 9.17) is 23.2 Å². The second-order valence-electron chi connectivity index (χ2n) is 9.29. The minimum absolute atomic E-state index is 0.0317. The molecule has 3 rings (SSSR count). The number of likely N-dealkylation sites (tertiary alicyclic amines) is 1. The molecule has 2 aromatic rings. The average molecular weight is 486 g/mol. The molecule has 0 spiro atoms. The predicted molar refractivity (Wildman–Crippen MR) is 137 cm³/mol. The van der Waals surface area contributed by atoms with Crippen LogP contribution in [0.1, 0.15) is 75.5 Å². The third-order valence-electron chi connectivity index (χ3n) is 6.91.